The summed E-state index contributed by atoms with van der Waals surface area (Å²) in [6.45, 7) is 1.84. The Balaban J connectivity index is 1.50. The van der Waals surface area contributed by atoms with Crippen LogP contribution in [0.15, 0.2) is 72.8 Å². The number of nitrogen functional groups attached to an aromatic ring is 2. The number of benzene rings is 3. The molecule has 0 saturated heterocycles. The molecule has 0 aliphatic heterocycles. The fourth-order valence-corrected chi connectivity index (χ4v) is 3.62. The number of nitrogens with zero attached hydrogens (tertiary/aromatic N) is 3. The fourth-order valence-electron chi connectivity index (χ4n) is 3.62. The molecule has 5 aromatic rings. The number of ether oxygens (including phenoxy) is 3. The molecular formula is C27H23N7O4. The molecule has 2 aromatic heterocycles. The minimum Gasteiger partial charge on any atom is -0.457 e. The molecule has 38 heavy (non-hydrogen) atoms. The Kier molecular flexibility index (Phi) is 6.55. The zero-order chi connectivity index (χ0) is 26.6. The van der Waals surface area contributed by atoms with Crippen molar-refractivity contribution in [3.05, 3.63) is 95.3 Å². The maximum Gasteiger partial charge on any atom is 0.342 e. The zero-order valence-corrected chi connectivity index (χ0v) is 20.3. The summed E-state index contributed by atoms with van der Waals surface area (Å²) >= 11 is 0. The Morgan fingerprint density at radius 3 is 2.55 bits per heavy atom. The number of aromatic nitrogens is 4. The maximum absolute atomic E-state index is 13.0. The second-order valence-corrected chi connectivity index (χ2v) is 8.30. The lowest BCUT2D eigenvalue weighted by atomic mass is 10.1. The van der Waals surface area contributed by atoms with E-state index in [4.69, 9.17) is 31.1 Å². The van der Waals surface area contributed by atoms with Crippen LogP contribution in [0.3, 0.4) is 0 Å². The number of anilines is 1. The standard InChI is InChI=1S/C27H23N7O4/c1-15-31-22-24(32-15)33-27(34-25(22)37-19-9-5-8-18(28)13-19)38-21-12-17(23(29)30)10-11-20(21)26(35)36-14-16-6-3-2-4-7-16/h2-13H,14,28H2,1H3,(H3,29,30)(H,31,32,33,34). The van der Waals surface area contributed by atoms with Crippen LogP contribution in [0.1, 0.15) is 27.3 Å². The fraction of sp³-hybridized carbons (Fsp3) is 0.0741. The van der Waals surface area contributed by atoms with Gasteiger partial charge in [0.15, 0.2) is 5.65 Å². The summed E-state index contributed by atoms with van der Waals surface area (Å²) in [5, 5.41) is 7.80. The van der Waals surface area contributed by atoms with Crippen molar-refractivity contribution in [2.24, 2.45) is 5.73 Å². The van der Waals surface area contributed by atoms with Gasteiger partial charge in [-0.25, -0.2) is 9.78 Å². The number of hydrogen-bond acceptors (Lipinski definition) is 9. The number of carbonyl (C=O) groups is 1. The first-order valence-electron chi connectivity index (χ1n) is 11.5. The van der Waals surface area contributed by atoms with Crippen LogP contribution in [0.5, 0.6) is 23.4 Å². The third-order valence-electron chi connectivity index (χ3n) is 5.41. The average molecular weight is 510 g/mol. The minimum atomic E-state index is -0.633. The summed E-state index contributed by atoms with van der Waals surface area (Å²) in [4.78, 5) is 29.2. The van der Waals surface area contributed by atoms with Gasteiger partial charge in [0.1, 0.15) is 40.8 Å². The molecule has 0 spiro atoms. The molecule has 190 valence electrons. The average Bonchev–Trinajstić information content (AvgIpc) is 3.28. The number of hydrogen-bond donors (Lipinski definition) is 4. The lowest BCUT2D eigenvalue weighted by Crippen LogP contribution is -2.13. The van der Waals surface area contributed by atoms with Gasteiger partial charge < -0.3 is 30.7 Å². The summed E-state index contributed by atoms with van der Waals surface area (Å²) in [6, 6.07) is 20.5. The number of nitrogens with two attached hydrogens (primary N) is 2. The lowest BCUT2D eigenvalue weighted by Gasteiger charge is -2.13. The molecular weight excluding hydrogens is 486 g/mol. The Morgan fingerprint density at radius 1 is 0.974 bits per heavy atom. The van der Waals surface area contributed by atoms with Crippen LogP contribution >= 0.6 is 0 Å². The molecule has 11 heteroatoms. The molecule has 0 aliphatic carbocycles. The molecule has 0 aliphatic rings. The Labute approximate surface area is 216 Å². The highest BCUT2D eigenvalue weighted by Gasteiger charge is 2.20. The monoisotopic (exact) mass is 509 g/mol. The zero-order valence-electron chi connectivity index (χ0n) is 20.3. The van der Waals surface area contributed by atoms with Crippen molar-refractivity contribution in [2.75, 3.05) is 5.73 Å². The Hall–Kier alpha value is -5.45. The van der Waals surface area contributed by atoms with Gasteiger partial charge in [0.25, 0.3) is 5.88 Å². The van der Waals surface area contributed by atoms with Crippen molar-refractivity contribution in [3.8, 4) is 23.4 Å². The van der Waals surface area contributed by atoms with E-state index in [1.54, 1.807) is 31.2 Å². The first-order chi connectivity index (χ1) is 18.4. The third kappa shape index (κ3) is 5.36. The summed E-state index contributed by atoms with van der Waals surface area (Å²) in [5.41, 5.74) is 14.1. The van der Waals surface area contributed by atoms with Gasteiger partial charge in [0.05, 0.1) is 0 Å². The molecule has 0 atom stereocenters. The van der Waals surface area contributed by atoms with Crippen LogP contribution in [0.25, 0.3) is 11.2 Å². The molecule has 0 fully saturated rings. The van der Waals surface area contributed by atoms with Crippen LogP contribution < -0.4 is 20.9 Å². The van der Waals surface area contributed by atoms with Crippen LogP contribution in [0, 0.1) is 12.3 Å². The van der Waals surface area contributed by atoms with Crippen LogP contribution in [-0.2, 0) is 11.3 Å². The molecule has 0 bridgehead atoms. The number of esters is 1. The lowest BCUT2D eigenvalue weighted by molar-refractivity contribution is 0.0469. The third-order valence-corrected chi connectivity index (χ3v) is 5.41. The Bertz CT molecular complexity index is 1650. The van der Waals surface area contributed by atoms with E-state index in [2.05, 4.69) is 19.9 Å². The minimum absolute atomic E-state index is 0.0530. The van der Waals surface area contributed by atoms with Gasteiger partial charge in [-0.2, -0.15) is 9.97 Å². The van der Waals surface area contributed by atoms with Gasteiger partial charge in [-0.3, -0.25) is 5.41 Å². The van der Waals surface area contributed by atoms with E-state index in [0.717, 1.165) is 5.56 Å². The first kappa shape index (κ1) is 24.3. The summed E-state index contributed by atoms with van der Waals surface area (Å²) in [7, 11) is 0. The summed E-state index contributed by atoms with van der Waals surface area (Å²) < 4.78 is 17.4. The second kappa shape index (κ2) is 10.3. The van der Waals surface area contributed by atoms with Crippen molar-refractivity contribution in [3.63, 3.8) is 0 Å². The van der Waals surface area contributed by atoms with Crippen molar-refractivity contribution in [1.82, 2.24) is 19.9 Å². The van der Waals surface area contributed by atoms with Crippen molar-refractivity contribution >= 4 is 28.7 Å². The number of aryl methyl sites for hydroxylation is 1. The quantitative estimate of drug-likeness (QED) is 0.102. The van der Waals surface area contributed by atoms with Crippen LogP contribution in [0.2, 0.25) is 0 Å². The Morgan fingerprint density at radius 2 is 1.79 bits per heavy atom. The number of aromatic amines is 1. The highest BCUT2D eigenvalue weighted by atomic mass is 16.5. The molecule has 11 nitrogen and oxygen atoms in total. The number of H-pyrrole nitrogens is 1. The number of fused-ring (bicyclic) bond motifs is 1. The molecule has 3 aromatic carbocycles. The van der Waals surface area contributed by atoms with E-state index >= 15 is 0 Å². The van der Waals surface area contributed by atoms with Crippen LogP contribution in [-0.4, -0.2) is 31.7 Å². The van der Waals surface area contributed by atoms with E-state index in [9.17, 15) is 4.79 Å². The van der Waals surface area contributed by atoms with Crippen LogP contribution in [0.4, 0.5) is 5.69 Å². The van der Waals surface area contributed by atoms with E-state index in [1.165, 1.54) is 18.2 Å². The van der Waals surface area contributed by atoms with Gasteiger partial charge in [0.2, 0.25) is 0 Å². The van der Waals surface area contributed by atoms with E-state index < -0.39 is 5.97 Å². The normalized spacial score (nSPS) is 10.8. The largest absolute Gasteiger partial charge is 0.457 e. The van der Waals surface area contributed by atoms with Gasteiger partial charge in [0, 0.05) is 17.3 Å². The van der Waals surface area contributed by atoms with Crippen molar-refractivity contribution in [2.45, 2.75) is 13.5 Å². The van der Waals surface area contributed by atoms with E-state index in [0.29, 0.717) is 34.0 Å². The highest BCUT2D eigenvalue weighted by molar-refractivity contribution is 5.98. The van der Waals surface area contributed by atoms with Gasteiger partial charge in [-0.15, -0.1) is 0 Å². The number of carbonyl (C=O) groups excluding carboxylic acids is 1. The SMILES string of the molecule is Cc1nc2nc(Oc3cc(C(=N)N)ccc3C(=O)OCc3ccccc3)nc(Oc3cccc(N)c3)c2[nH]1. The summed E-state index contributed by atoms with van der Waals surface area (Å²) in [6.07, 6.45) is 0. The van der Waals surface area contributed by atoms with Gasteiger partial charge >= 0.3 is 12.0 Å². The molecule has 0 radical (unpaired) electrons. The van der Waals surface area contributed by atoms with Gasteiger partial charge in [-0.05, 0) is 36.8 Å². The van der Waals surface area contributed by atoms with Gasteiger partial charge in [-0.1, -0.05) is 42.5 Å². The second-order valence-electron chi connectivity index (χ2n) is 8.30. The number of nitrogens with one attached hydrogen (secondary N) is 2. The van der Waals surface area contributed by atoms with Crippen molar-refractivity contribution < 1.29 is 19.0 Å². The smallest absolute Gasteiger partial charge is 0.342 e. The number of imidazole rings is 1. The van der Waals surface area contributed by atoms with E-state index in [1.807, 2.05) is 30.3 Å². The molecule has 5 rings (SSSR count). The molecule has 0 unspecified atom stereocenters. The molecule has 0 amide bonds. The summed E-state index contributed by atoms with van der Waals surface area (Å²) in [5.74, 6) is 0.403. The van der Waals surface area contributed by atoms with E-state index in [-0.39, 0.29) is 35.6 Å². The molecule has 2 heterocycles. The number of rotatable bonds is 8. The van der Waals surface area contributed by atoms with Crippen molar-refractivity contribution in [1.29, 1.82) is 5.41 Å². The molecule has 6 N–H and O–H groups in total. The molecule has 0 saturated carbocycles. The first-order valence-corrected chi connectivity index (χ1v) is 11.5. The highest BCUT2D eigenvalue weighted by Crippen LogP contribution is 2.32. The topological polar surface area (TPSA) is 175 Å². The predicted molar refractivity (Wildman–Crippen MR) is 140 cm³/mol. The predicted octanol–water partition coefficient (Wildman–Crippen LogP) is 4.47. The maximum atomic E-state index is 13.0. The number of amidine groups is 1.